The van der Waals surface area contributed by atoms with E-state index in [4.69, 9.17) is 15.4 Å². The fourth-order valence-corrected chi connectivity index (χ4v) is 1.97. The van der Waals surface area contributed by atoms with Gasteiger partial charge in [0, 0.05) is 5.56 Å². The van der Waals surface area contributed by atoms with Gasteiger partial charge in [0.05, 0.1) is 12.2 Å². The third-order valence-corrected chi connectivity index (χ3v) is 3.66. The second-order valence-electron chi connectivity index (χ2n) is 5.45. The number of nitrogens with zero attached hydrogens (tertiary/aromatic N) is 2. The lowest BCUT2D eigenvalue weighted by Gasteiger charge is -2.18. The molecule has 3 N–H and O–H groups in total. The van der Waals surface area contributed by atoms with Gasteiger partial charge in [-0.15, -0.1) is 0 Å². The number of benzene rings is 1. The molecular weight excluding hydrogens is 301 g/mol. The maximum absolute atomic E-state index is 12.9. The van der Waals surface area contributed by atoms with Crippen LogP contribution < -0.4 is 5.73 Å². The summed E-state index contributed by atoms with van der Waals surface area (Å²) in [6.07, 6.45) is 0.512. The van der Waals surface area contributed by atoms with Crippen LogP contribution in [0.15, 0.2) is 34.9 Å². The minimum absolute atomic E-state index is 0.0960. The number of hydrogen-bond donors (Lipinski definition) is 2. The van der Waals surface area contributed by atoms with Crippen LogP contribution in [0.4, 0.5) is 4.39 Å². The van der Waals surface area contributed by atoms with Gasteiger partial charge in [-0.05, 0) is 44.0 Å². The van der Waals surface area contributed by atoms with Crippen molar-refractivity contribution in [3.63, 3.8) is 0 Å². The van der Waals surface area contributed by atoms with E-state index >= 15 is 0 Å². The molecule has 0 bridgehead atoms. The van der Waals surface area contributed by atoms with Gasteiger partial charge in [-0.25, -0.2) is 9.37 Å². The van der Waals surface area contributed by atoms with Crippen LogP contribution in [0.1, 0.15) is 31.6 Å². The van der Waals surface area contributed by atoms with Crippen LogP contribution in [-0.2, 0) is 4.79 Å². The summed E-state index contributed by atoms with van der Waals surface area (Å²) in [4.78, 5) is 15.4. The number of carbonyl (C=O) groups excluding carboxylic acids is 1. The second kappa shape index (κ2) is 6.58. The van der Waals surface area contributed by atoms with Gasteiger partial charge in [-0.3, -0.25) is 4.79 Å². The summed E-state index contributed by atoms with van der Waals surface area (Å²) in [6, 6.07) is 7.44. The highest BCUT2D eigenvalue weighted by atomic mass is 19.1. The standard InChI is InChI=1S/C16H16FN3O3/c1-16(9-18,15(19)22)7-6-13(21)12-8-23-14(20-12)10-2-4-11(17)5-3-10/h2-5,8,13,21H,6-7H2,1H3,(H2,19,22). The molecule has 0 aliphatic heterocycles. The Balaban J connectivity index is 2.07. The number of hydrogen-bond acceptors (Lipinski definition) is 5. The van der Waals surface area contributed by atoms with Gasteiger partial charge >= 0.3 is 0 Å². The molecule has 0 fully saturated rings. The molecule has 1 amide bonds. The largest absolute Gasteiger partial charge is 0.444 e. The first-order chi connectivity index (χ1) is 10.9. The number of aromatic nitrogens is 1. The molecule has 0 saturated carbocycles. The number of nitriles is 1. The van der Waals surface area contributed by atoms with Crippen LogP contribution in [0.3, 0.4) is 0 Å². The van der Waals surface area contributed by atoms with E-state index in [1.54, 1.807) is 0 Å². The van der Waals surface area contributed by atoms with E-state index in [1.165, 1.54) is 37.5 Å². The number of oxazole rings is 1. The van der Waals surface area contributed by atoms with Crippen LogP contribution >= 0.6 is 0 Å². The quantitative estimate of drug-likeness (QED) is 0.848. The Morgan fingerprint density at radius 2 is 2.17 bits per heavy atom. The van der Waals surface area contributed by atoms with Crippen LogP contribution in [0.25, 0.3) is 11.5 Å². The highest BCUT2D eigenvalue weighted by Gasteiger charge is 2.32. The second-order valence-corrected chi connectivity index (χ2v) is 5.45. The number of aliphatic hydroxyl groups is 1. The normalized spacial score (nSPS) is 14.7. The Morgan fingerprint density at radius 1 is 1.52 bits per heavy atom. The van der Waals surface area contributed by atoms with E-state index in [1.807, 2.05) is 6.07 Å². The van der Waals surface area contributed by atoms with E-state index in [-0.39, 0.29) is 30.2 Å². The lowest BCUT2D eigenvalue weighted by atomic mass is 9.85. The zero-order valence-electron chi connectivity index (χ0n) is 12.5. The summed E-state index contributed by atoms with van der Waals surface area (Å²) in [7, 11) is 0. The molecule has 1 aromatic heterocycles. The lowest BCUT2D eigenvalue weighted by molar-refractivity contribution is -0.124. The molecule has 23 heavy (non-hydrogen) atoms. The predicted octanol–water partition coefficient (Wildman–Crippen LogP) is 2.31. The van der Waals surface area contributed by atoms with Crippen LogP contribution in [-0.4, -0.2) is 16.0 Å². The summed E-state index contributed by atoms with van der Waals surface area (Å²) >= 11 is 0. The van der Waals surface area contributed by atoms with E-state index in [0.29, 0.717) is 5.56 Å². The Kier molecular flexibility index (Phi) is 4.77. The van der Waals surface area contributed by atoms with Crippen molar-refractivity contribution in [1.29, 1.82) is 5.26 Å². The van der Waals surface area contributed by atoms with Crippen molar-refractivity contribution < 1.29 is 18.7 Å². The topological polar surface area (TPSA) is 113 Å². The Morgan fingerprint density at radius 3 is 2.74 bits per heavy atom. The van der Waals surface area contributed by atoms with Gasteiger partial charge in [0.2, 0.25) is 11.8 Å². The third-order valence-electron chi connectivity index (χ3n) is 3.66. The molecule has 2 atom stereocenters. The van der Waals surface area contributed by atoms with E-state index < -0.39 is 17.4 Å². The van der Waals surface area contributed by atoms with Gasteiger partial charge in [0.15, 0.2) is 0 Å². The molecular formula is C16H16FN3O3. The number of rotatable bonds is 6. The predicted molar refractivity (Wildman–Crippen MR) is 79.0 cm³/mol. The number of nitrogens with two attached hydrogens (primary N) is 1. The number of aliphatic hydroxyl groups excluding tert-OH is 1. The molecule has 0 radical (unpaired) electrons. The van der Waals surface area contributed by atoms with Crippen molar-refractivity contribution in [2.24, 2.45) is 11.1 Å². The monoisotopic (exact) mass is 317 g/mol. The molecule has 6 nitrogen and oxygen atoms in total. The Bertz CT molecular complexity index is 736. The number of amides is 1. The van der Waals surface area contributed by atoms with Gasteiger partial charge in [0.1, 0.15) is 23.2 Å². The van der Waals surface area contributed by atoms with Crippen LogP contribution in [0.5, 0.6) is 0 Å². The van der Waals surface area contributed by atoms with Crippen molar-refractivity contribution in [3.05, 3.63) is 42.0 Å². The Labute approximate surface area is 132 Å². The molecule has 0 aliphatic carbocycles. The van der Waals surface area contributed by atoms with Gasteiger partial charge in [-0.1, -0.05) is 0 Å². The maximum Gasteiger partial charge on any atom is 0.237 e. The zero-order chi connectivity index (χ0) is 17.0. The van der Waals surface area contributed by atoms with Crippen molar-refractivity contribution in [3.8, 4) is 17.5 Å². The van der Waals surface area contributed by atoms with Crippen molar-refractivity contribution >= 4 is 5.91 Å². The summed E-state index contributed by atoms with van der Waals surface area (Å²) in [5.74, 6) is -0.862. The minimum atomic E-state index is -1.34. The van der Waals surface area contributed by atoms with Crippen molar-refractivity contribution in [2.75, 3.05) is 0 Å². The average Bonchev–Trinajstić information content (AvgIpc) is 3.02. The van der Waals surface area contributed by atoms with Crippen molar-refractivity contribution in [1.82, 2.24) is 4.98 Å². The fraction of sp³-hybridized carbons (Fsp3) is 0.312. The first-order valence-electron chi connectivity index (χ1n) is 6.96. The van der Waals surface area contributed by atoms with Crippen molar-refractivity contribution in [2.45, 2.75) is 25.9 Å². The fourth-order valence-electron chi connectivity index (χ4n) is 1.97. The summed E-state index contributed by atoms with van der Waals surface area (Å²) in [5.41, 5.74) is 4.69. The highest BCUT2D eigenvalue weighted by Crippen LogP contribution is 2.29. The first kappa shape index (κ1) is 16.6. The van der Waals surface area contributed by atoms with E-state index in [9.17, 15) is 14.3 Å². The first-order valence-corrected chi connectivity index (χ1v) is 6.96. The molecule has 0 aliphatic rings. The molecule has 0 saturated heterocycles. The molecule has 1 heterocycles. The SMILES string of the molecule is CC(C#N)(CCC(O)c1coc(-c2ccc(F)cc2)n1)C(N)=O. The van der Waals surface area contributed by atoms with Crippen LogP contribution in [0.2, 0.25) is 0 Å². The summed E-state index contributed by atoms with van der Waals surface area (Å²) in [5, 5.41) is 19.1. The highest BCUT2D eigenvalue weighted by molar-refractivity contribution is 5.83. The molecule has 120 valence electrons. The minimum Gasteiger partial charge on any atom is -0.444 e. The van der Waals surface area contributed by atoms with Gasteiger partial charge in [-0.2, -0.15) is 5.26 Å². The van der Waals surface area contributed by atoms with E-state index in [2.05, 4.69) is 4.98 Å². The summed E-state index contributed by atoms with van der Waals surface area (Å²) in [6.45, 7) is 1.43. The maximum atomic E-state index is 12.9. The lowest BCUT2D eigenvalue weighted by Crippen LogP contribution is -2.33. The molecule has 7 heteroatoms. The van der Waals surface area contributed by atoms with E-state index in [0.717, 1.165) is 0 Å². The third kappa shape index (κ3) is 3.73. The Hall–Kier alpha value is -2.72. The molecule has 2 aromatic rings. The number of carbonyl (C=O) groups is 1. The summed E-state index contributed by atoms with van der Waals surface area (Å²) < 4.78 is 18.2. The molecule has 1 aromatic carbocycles. The number of halogens is 1. The average molecular weight is 317 g/mol. The van der Waals surface area contributed by atoms with Gasteiger partial charge < -0.3 is 15.3 Å². The molecule has 0 spiro atoms. The number of primary amides is 1. The van der Waals surface area contributed by atoms with Gasteiger partial charge in [0.25, 0.3) is 0 Å². The zero-order valence-corrected chi connectivity index (χ0v) is 12.5. The van der Waals surface area contributed by atoms with Crippen LogP contribution in [0, 0.1) is 22.6 Å². The molecule has 2 unspecified atom stereocenters. The smallest absolute Gasteiger partial charge is 0.237 e. The molecule has 2 rings (SSSR count).